The number of hydrogen-bond donors (Lipinski definition) is 2. The lowest BCUT2D eigenvalue weighted by atomic mass is 9.87. The molecule has 0 unspecified atom stereocenters. The average molecular weight is 385 g/mol. The van der Waals surface area contributed by atoms with Gasteiger partial charge in [-0.15, -0.1) is 0 Å². The van der Waals surface area contributed by atoms with Crippen LogP contribution in [0.4, 0.5) is 17.2 Å². The fourth-order valence-corrected chi connectivity index (χ4v) is 2.77. The molecule has 6 heteroatoms. The third-order valence-electron chi connectivity index (χ3n) is 4.37. The molecule has 0 aliphatic carbocycles. The van der Waals surface area contributed by atoms with Crippen LogP contribution >= 0.6 is 0 Å². The van der Waals surface area contributed by atoms with Crippen LogP contribution in [0.25, 0.3) is 0 Å². The van der Waals surface area contributed by atoms with Crippen molar-refractivity contribution in [2.75, 3.05) is 10.6 Å². The van der Waals surface area contributed by atoms with Crippen molar-refractivity contribution in [1.29, 1.82) is 5.26 Å². The van der Waals surface area contributed by atoms with Gasteiger partial charge in [0.25, 0.3) is 5.91 Å². The summed E-state index contributed by atoms with van der Waals surface area (Å²) in [5, 5.41) is 14.9. The zero-order chi connectivity index (χ0) is 21.0. The monoisotopic (exact) mass is 385 g/mol. The minimum atomic E-state index is -0.304. The van der Waals surface area contributed by atoms with Gasteiger partial charge in [0.05, 0.1) is 11.6 Å². The summed E-state index contributed by atoms with van der Waals surface area (Å²) in [6.45, 7) is 8.17. The van der Waals surface area contributed by atoms with Crippen LogP contribution < -0.4 is 10.6 Å². The Kier molecular flexibility index (Phi) is 5.60. The van der Waals surface area contributed by atoms with E-state index in [4.69, 9.17) is 5.26 Å². The van der Waals surface area contributed by atoms with Crippen molar-refractivity contribution in [3.63, 3.8) is 0 Å². The minimum absolute atomic E-state index is 0.0539. The maximum absolute atomic E-state index is 12.7. The highest BCUT2D eigenvalue weighted by Gasteiger charge is 2.14. The molecule has 0 aliphatic rings. The Bertz CT molecular complexity index is 1060. The molecule has 2 N–H and O–H groups in total. The van der Waals surface area contributed by atoms with E-state index in [1.165, 1.54) is 5.56 Å². The lowest BCUT2D eigenvalue weighted by Gasteiger charge is -2.19. The number of hydrogen-bond acceptors (Lipinski definition) is 5. The van der Waals surface area contributed by atoms with Gasteiger partial charge in [-0.05, 0) is 54.3 Å². The minimum Gasteiger partial charge on any atom is -0.340 e. The maximum Gasteiger partial charge on any atom is 0.274 e. The second kappa shape index (κ2) is 8.11. The van der Waals surface area contributed by atoms with E-state index in [1.54, 1.807) is 37.3 Å². The third-order valence-corrected chi connectivity index (χ3v) is 4.37. The van der Waals surface area contributed by atoms with Crippen LogP contribution in [-0.4, -0.2) is 15.9 Å². The SMILES string of the molecule is Cc1nc(Nc2ccc(C#N)cc2)cc(C(=O)Nc2ccc(C(C)(C)C)cc2)n1. The molecule has 0 bridgehead atoms. The number of aromatic nitrogens is 2. The predicted octanol–water partition coefficient (Wildman–Crippen LogP) is 4.95. The number of benzene rings is 2. The Morgan fingerprint density at radius 3 is 2.17 bits per heavy atom. The van der Waals surface area contributed by atoms with E-state index in [9.17, 15) is 4.79 Å². The van der Waals surface area contributed by atoms with E-state index in [1.807, 2.05) is 24.3 Å². The fourth-order valence-electron chi connectivity index (χ4n) is 2.77. The summed E-state index contributed by atoms with van der Waals surface area (Å²) < 4.78 is 0. The van der Waals surface area contributed by atoms with Crippen LogP contribution in [0.1, 0.15) is 48.2 Å². The van der Waals surface area contributed by atoms with Crippen LogP contribution in [0.5, 0.6) is 0 Å². The largest absolute Gasteiger partial charge is 0.340 e. The highest BCUT2D eigenvalue weighted by Crippen LogP contribution is 2.24. The number of nitrogens with one attached hydrogen (secondary N) is 2. The molecule has 1 heterocycles. The molecule has 0 atom stereocenters. The molecule has 3 rings (SSSR count). The molecule has 29 heavy (non-hydrogen) atoms. The second-order valence-corrected chi connectivity index (χ2v) is 7.78. The number of amides is 1. The smallest absolute Gasteiger partial charge is 0.274 e. The van der Waals surface area contributed by atoms with Gasteiger partial charge in [0.1, 0.15) is 17.3 Å². The van der Waals surface area contributed by atoms with Crippen molar-refractivity contribution in [2.45, 2.75) is 33.1 Å². The summed E-state index contributed by atoms with van der Waals surface area (Å²) in [5.41, 5.74) is 3.58. The molecule has 0 radical (unpaired) electrons. The summed E-state index contributed by atoms with van der Waals surface area (Å²) in [6, 6.07) is 18.5. The van der Waals surface area contributed by atoms with Gasteiger partial charge in [-0.25, -0.2) is 9.97 Å². The van der Waals surface area contributed by atoms with E-state index in [0.29, 0.717) is 22.9 Å². The molecule has 0 fully saturated rings. The van der Waals surface area contributed by atoms with Crippen LogP contribution in [-0.2, 0) is 5.41 Å². The summed E-state index contributed by atoms with van der Waals surface area (Å²) in [5.74, 6) is 0.689. The quantitative estimate of drug-likeness (QED) is 0.663. The first-order valence-electron chi connectivity index (χ1n) is 9.29. The van der Waals surface area contributed by atoms with Crippen LogP contribution in [0, 0.1) is 18.3 Å². The molecule has 6 nitrogen and oxygen atoms in total. The standard InChI is InChI=1S/C23H23N5O/c1-15-25-20(13-21(26-15)27-18-9-5-16(14-24)6-10-18)22(29)28-19-11-7-17(8-12-19)23(2,3)4/h5-13H,1-4H3,(H,28,29)(H,25,26,27). The van der Waals surface area contributed by atoms with E-state index < -0.39 is 0 Å². The average Bonchev–Trinajstić information content (AvgIpc) is 2.68. The van der Waals surface area contributed by atoms with Crippen LogP contribution in [0.15, 0.2) is 54.6 Å². The van der Waals surface area contributed by atoms with Crippen molar-refractivity contribution >= 4 is 23.1 Å². The fraction of sp³-hybridized carbons (Fsp3) is 0.217. The Morgan fingerprint density at radius 2 is 1.59 bits per heavy atom. The maximum atomic E-state index is 12.7. The predicted molar refractivity (Wildman–Crippen MR) is 114 cm³/mol. The van der Waals surface area contributed by atoms with Crippen LogP contribution in [0.3, 0.4) is 0 Å². The van der Waals surface area contributed by atoms with E-state index in [0.717, 1.165) is 5.69 Å². The van der Waals surface area contributed by atoms with Crippen molar-refractivity contribution in [2.24, 2.45) is 0 Å². The molecule has 1 amide bonds. The Morgan fingerprint density at radius 1 is 0.966 bits per heavy atom. The first kappa shape index (κ1) is 20.0. The highest BCUT2D eigenvalue weighted by atomic mass is 16.1. The Labute approximate surface area is 170 Å². The molecule has 3 aromatic rings. The summed E-state index contributed by atoms with van der Waals surface area (Å²) in [4.78, 5) is 21.3. The van der Waals surface area contributed by atoms with E-state index >= 15 is 0 Å². The summed E-state index contributed by atoms with van der Waals surface area (Å²) in [7, 11) is 0. The first-order valence-corrected chi connectivity index (χ1v) is 9.29. The molecule has 146 valence electrons. The lowest BCUT2D eigenvalue weighted by molar-refractivity contribution is 0.102. The van der Waals surface area contributed by atoms with E-state index in [-0.39, 0.29) is 17.0 Å². The van der Waals surface area contributed by atoms with Gasteiger partial charge in [0.2, 0.25) is 0 Å². The summed E-state index contributed by atoms with van der Waals surface area (Å²) >= 11 is 0. The number of anilines is 3. The van der Waals surface area contributed by atoms with E-state index in [2.05, 4.69) is 47.4 Å². The molecule has 2 aromatic carbocycles. The number of nitrogens with zero attached hydrogens (tertiary/aromatic N) is 3. The molecular formula is C23H23N5O. The van der Waals surface area contributed by atoms with Crippen molar-refractivity contribution in [3.05, 3.63) is 77.2 Å². The van der Waals surface area contributed by atoms with Gasteiger partial charge in [0.15, 0.2) is 0 Å². The number of rotatable bonds is 4. The van der Waals surface area contributed by atoms with Crippen LogP contribution in [0.2, 0.25) is 0 Å². The normalized spacial score (nSPS) is 10.9. The Balaban J connectivity index is 1.76. The molecule has 0 spiro atoms. The number of aryl methyl sites for hydroxylation is 1. The lowest BCUT2D eigenvalue weighted by Crippen LogP contribution is -2.16. The third kappa shape index (κ3) is 5.17. The second-order valence-electron chi connectivity index (χ2n) is 7.78. The van der Waals surface area contributed by atoms with Gasteiger partial charge in [-0.1, -0.05) is 32.9 Å². The number of carbonyl (C=O) groups is 1. The topological polar surface area (TPSA) is 90.7 Å². The van der Waals surface area contributed by atoms with Crippen molar-refractivity contribution < 1.29 is 4.79 Å². The van der Waals surface area contributed by atoms with Gasteiger partial charge >= 0.3 is 0 Å². The van der Waals surface area contributed by atoms with Gasteiger partial charge in [-0.2, -0.15) is 5.26 Å². The number of nitriles is 1. The molecule has 0 saturated carbocycles. The van der Waals surface area contributed by atoms with Gasteiger partial charge in [0, 0.05) is 17.4 Å². The zero-order valence-electron chi connectivity index (χ0n) is 16.9. The zero-order valence-corrected chi connectivity index (χ0v) is 16.9. The molecule has 0 saturated heterocycles. The molecule has 0 aliphatic heterocycles. The highest BCUT2D eigenvalue weighted by molar-refractivity contribution is 6.03. The summed E-state index contributed by atoms with van der Waals surface area (Å²) in [6.07, 6.45) is 0. The molecular weight excluding hydrogens is 362 g/mol. The van der Waals surface area contributed by atoms with Gasteiger partial charge in [-0.3, -0.25) is 4.79 Å². The first-order chi connectivity index (χ1) is 13.7. The Hall–Kier alpha value is -3.72. The molecule has 1 aromatic heterocycles. The number of carbonyl (C=O) groups excluding carboxylic acids is 1. The van der Waals surface area contributed by atoms with Gasteiger partial charge < -0.3 is 10.6 Å². The van der Waals surface area contributed by atoms with Crippen molar-refractivity contribution in [1.82, 2.24) is 9.97 Å². The van der Waals surface area contributed by atoms with Crippen molar-refractivity contribution in [3.8, 4) is 6.07 Å².